The van der Waals surface area contributed by atoms with Crippen LogP contribution in [0.25, 0.3) is 10.2 Å². The zero-order valence-corrected chi connectivity index (χ0v) is 16.0. The number of amides is 1. The van der Waals surface area contributed by atoms with Crippen LogP contribution in [0, 0.1) is 11.6 Å². The van der Waals surface area contributed by atoms with E-state index in [1.165, 1.54) is 29.4 Å². The minimum Gasteiger partial charge on any atom is -0.494 e. The number of para-hydroxylation sites is 1. The number of aromatic nitrogens is 1. The molecule has 0 atom stereocenters. The zero-order chi connectivity index (χ0) is 19.6. The summed E-state index contributed by atoms with van der Waals surface area (Å²) in [7, 11) is 5.25. The lowest BCUT2D eigenvalue weighted by atomic mass is 10.1. The fraction of sp³-hybridized carbons (Fsp3) is 0.263. The van der Waals surface area contributed by atoms with Crippen molar-refractivity contribution in [3.63, 3.8) is 0 Å². The van der Waals surface area contributed by atoms with E-state index in [-0.39, 0.29) is 6.54 Å². The molecule has 0 saturated heterocycles. The van der Waals surface area contributed by atoms with Gasteiger partial charge in [0.15, 0.2) is 5.13 Å². The number of hydrogen-bond acceptors (Lipinski definition) is 5. The molecule has 8 heteroatoms. The van der Waals surface area contributed by atoms with Crippen molar-refractivity contribution in [2.45, 2.75) is 0 Å². The summed E-state index contributed by atoms with van der Waals surface area (Å²) in [5.74, 6) is -1.97. The minimum absolute atomic E-state index is 0.238. The van der Waals surface area contributed by atoms with E-state index < -0.39 is 23.1 Å². The lowest BCUT2D eigenvalue weighted by Crippen LogP contribution is -2.37. The summed E-state index contributed by atoms with van der Waals surface area (Å²) in [6, 6.07) is 8.83. The first-order chi connectivity index (χ1) is 12.9. The highest BCUT2D eigenvalue weighted by Crippen LogP contribution is 2.34. The maximum Gasteiger partial charge on any atom is 0.266 e. The van der Waals surface area contributed by atoms with Crippen molar-refractivity contribution in [1.82, 2.24) is 9.88 Å². The van der Waals surface area contributed by atoms with E-state index in [1.807, 2.05) is 31.1 Å². The first kappa shape index (κ1) is 19.2. The van der Waals surface area contributed by atoms with Crippen molar-refractivity contribution in [1.29, 1.82) is 0 Å². The largest absolute Gasteiger partial charge is 0.494 e. The predicted molar refractivity (Wildman–Crippen MR) is 103 cm³/mol. The molecule has 0 unspecified atom stereocenters. The van der Waals surface area contributed by atoms with Crippen LogP contribution in [0.3, 0.4) is 0 Å². The van der Waals surface area contributed by atoms with Gasteiger partial charge in [-0.15, -0.1) is 0 Å². The molecule has 2 aromatic carbocycles. The summed E-state index contributed by atoms with van der Waals surface area (Å²) in [6.45, 7) is 0.747. The first-order valence-electron chi connectivity index (χ1n) is 8.26. The van der Waals surface area contributed by atoms with Crippen LogP contribution in [0.15, 0.2) is 36.4 Å². The van der Waals surface area contributed by atoms with Crippen LogP contribution in [0.5, 0.6) is 5.75 Å². The lowest BCUT2D eigenvalue weighted by molar-refractivity contribution is 0.0977. The Morgan fingerprint density at radius 1 is 1.11 bits per heavy atom. The standard InChI is InChI=1S/C19H19F2N3O2S/c1-23(2)10-11-24(18(25)16-12(20)6-4-7-13(16)21)19-22-17-14(26-3)8-5-9-15(17)27-19/h4-9H,10-11H2,1-3H3. The van der Waals surface area contributed by atoms with Gasteiger partial charge in [-0.2, -0.15) is 0 Å². The predicted octanol–water partition coefficient (Wildman–Crippen LogP) is 3.79. The maximum atomic E-state index is 14.2. The normalized spacial score (nSPS) is 11.2. The number of fused-ring (bicyclic) bond motifs is 1. The number of nitrogens with zero attached hydrogens (tertiary/aromatic N) is 3. The quantitative estimate of drug-likeness (QED) is 0.641. The number of anilines is 1. The molecule has 0 bridgehead atoms. The summed E-state index contributed by atoms with van der Waals surface area (Å²) in [6.07, 6.45) is 0. The van der Waals surface area contributed by atoms with Gasteiger partial charge in [-0.05, 0) is 38.4 Å². The molecule has 3 rings (SSSR count). The molecular formula is C19H19F2N3O2S. The fourth-order valence-corrected chi connectivity index (χ4v) is 3.62. The average molecular weight is 391 g/mol. The lowest BCUT2D eigenvalue weighted by Gasteiger charge is -2.22. The van der Waals surface area contributed by atoms with Crippen LogP contribution < -0.4 is 9.64 Å². The molecule has 0 aliphatic carbocycles. The van der Waals surface area contributed by atoms with Crippen molar-refractivity contribution in [2.75, 3.05) is 39.2 Å². The Kier molecular flexibility index (Phi) is 5.67. The van der Waals surface area contributed by atoms with Crippen molar-refractivity contribution >= 4 is 32.6 Å². The molecule has 27 heavy (non-hydrogen) atoms. The highest BCUT2D eigenvalue weighted by atomic mass is 32.1. The molecule has 5 nitrogen and oxygen atoms in total. The summed E-state index contributed by atoms with van der Waals surface area (Å²) >= 11 is 1.27. The Morgan fingerprint density at radius 3 is 2.41 bits per heavy atom. The summed E-state index contributed by atoms with van der Waals surface area (Å²) in [4.78, 5) is 20.7. The van der Waals surface area contributed by atoms with Crippen molar-refractivity contribution in [2.24, 2.45) is 0 Å². The van der Waals surface area contributed by atoms with Gasteiger partial charge in [-0.1, -0.05) is 23.5 Å². The molecule has 1 amide bonds. The Labute approximate surface area is 159 Å². The van der Waals surface area contributed by atoms with Crippen molar-refractivity contribution in [3.05, 3.63) is 53.6 Å². The van der Waals surface area contributed by atoms with Crippen LogP contribution in [0.1, 0.15) is 10.4 Å². The third kappa shape index (κ3) is 3.91. The molecule has 0 spiro atoms. The zero-order valence-electron chi connectivity index (χ0n) is 15.2. The Morgan fingerprint density at radius 2 is 1.78 bits per heavy atom. The topological polar surface area (TPSA) is 45.7 Å². The Balaban J connectivity index is 2.07. The van der Waals surface area contributed by atoms with Crippen LogP contribution >= 0.6 is 11.3 Å². The maximum absolute atomic E-state index is 14.2. The number of hydrogen-bond donors (Lipinski definition) is 0. The molecule has 0 N–H and O–H groups in total. The van der Waals surface area contributed by atoms with Gasteiger partial charge < -0.3 is 9.64 Å². The average Bonchev–Trinajstić information content (AvgIpc) is 3.05. The molecule has 0 aliphatic rings. The SMILES string of the molecule is COc1cccc2sc(N(CCN(C)C)C(=O)c3c(F)cccc3F)nc12. The van der Waals surface area contributed by atoms with Gasteiger partial charge in [0.25, 0.3) is 5.91 Å². The number of halogens is 2. The number of ether oxygens (including phenoxy) is 1. The number of carbonyl (C=O) groups excluding carboxylic acids is 1. The number of thiazole rings is 1. The molecule has 142 valence electrons. The van der Waals surface area contributed by atoms with Crippen LogP contribution in [0.4, 0.5) is 13.9 Å². The van der Waals surface area contributed by atoms with E-state index in [0.717, 1.165) is 16.8 Å². The number of benzene rings is 2. The van der Waals surface area contributed by atoms with E-state index in [4.69, 9.17) is 4.74 Å². The smallest absolute Gasteiger partial charge is 0.266 e. The third-order valence-electron chi connectivity index (χ3n) is 4.01. The second-order valence-electron chi connectivity index (χ2n) is 6.16. The second kappa shape index (κ2) is 7.98. The Bertz CT molecular complexity index is 954. The monoisotopic (exact) mass is 391 g/mol. The van der Waals surface area contributed by atoms with E-state index in [0.29, 0.717) is 22.9 Å². The number of carbonyl (C=O) groups is 1. The number of methoxy groups -OCH3 is 1. The minimum atomic E-state index is -0.895. The van der Waals surface area contributed by atoms with Gasteiger partial charge in [0.1, 0.15) is 28.5 Å². The van der Waals surface area contributed by atoms with Gasteiger partial charge >= 0.3 is 0 Å². The molecule has 0 fully saturated rings. The first-order valence-corrected chi connectivity index (χ1v) is 9.08. The summed E-state index contributed by atoms with van der Waals surface area (Å²) < 4.78 is 34.5. The molecule has 1 heterocycles. The molecule has 0 saturated carbocycles. The molecule has 3 aromatic rings. The van der Waals surface area contributed by atoms with E-state index in [2.05, 4.69) is 4.98 Å². The molecule has 0 aliphatic heterocycles. The Hall–Kier alpha value is -2.58. The van der Waals surface area contributed by atoms with Gasteiger partial charge in [0.05, 0.1) is 11.8 Å². The van der Waals surface area contributed by atoms with E-state index in [9.17, 15) is 13.6 Å². The van der Waals surface area contributed by atoms with Crippen molar-refractivity contribution in [3.8, 4) is 5.75 Å². The van der Waals surface area contributed by atoms with E-state index >= 15 is 0 Å². The highest BCUT2D eigenvalue weighted by molar-refractivity contribution is 7.22. The van der Waals surface area contributed by atoms with Crippen LogP contribution in [-0.2, 0) is 0 Å². The molecular weight excluding hydrogens is 372 g/mol. The third-order valence-corrected chi connectivity index (χ3v) is 5.06. The highest BCUT2D eigenvalue weighted by Gasteiger charge is 2.27. The van der Waals surface area contributed by atoms with Crippen molar-refractivity contribution < 1.29 is 18.3 Å². The fourth-order valence-electron chi connectivity index (χ4n) is 2.61. The van der Waals surface area contributed by atoms with Gasteiger partial charge in [-0.3, -0.25) is 9.69 Å². The van der Waals surface area contributed by atoms with E-state index in [1.54, 1.807) is 6.07 Å². The van der Waals surface area contributed by atoms with Crippen LogP contribution in [-0.4, -0.2) is 50.1 Å². The molecule has 1 aromatic heterocycles. The summed E-state index contributed by atoms with van der Waals surface area (Å²) in [5, 5.41) is 0.365. The number of likely N-dealkylation sites (N-methyl/N-ethyl adjacent to an activating group) is 1. The van der Waals surface area contributed by atoms with Gasteiger partial charge in [0, 0.05) is 13.1 Å². The van der Waals surface area contributed by atoms with Gasteiger partial charge in [-0.25, -0.2) is 13.8 Å². The second-order valence-corrected chi connectivity index (χ2v) is 7.17. The molecule has 0 radical (unpaired) electrons. The van der Waals surface area contributed by atoms with Crippen LogP contribution in [0.2, 0.25) is 0 Å². The number of rotatable bonds is 6. The summed E-state index contributed by atoms with van der Waals surface area (Å²) in [5.41, 5.74) is 0.0270. The van der Waals surface area contributed by atoms with Gasteiger partial charge in [0.2, 0.25) is 0 Å².